The van der Waals surface area contributed by atoms with E-state index in [-0.39, 0.29) is 5.91 Å². The number of benzene rings is 1. The predicted molar refractivity (Wildman–Crippen MR) is 99.1 cm³/mol. The highest BCUT2D eigenvalue weighted by atomic mass is 32.2. The van der Waals surface area contributed by atoms with E-state index in [1.54, 1.807) is 11.8 Å². The van der Waals surface area contributed by atoms with Crippen LogP contribution in [0.2, 0.25) is 0 Å². The fraction of sp³-hybridized carbons (Fsp3) is 0.421. The summed E-state index contributed by atoms with van der Waals surface area (Å²) in [5.74, 6) is 1.65. The standard InChI is InChI=1S/C19H23N3OS/c1-2-24-19-11-10-17(21-22-19)15-8-5-9-16(13-15)20-18(23)12-14-6-3-4-7-14/h5,8-11,13-14H,2-4,6-7,12H2,1H3,(H,20,23). The number of nitrogens with one attached hydrogen (secondary N) is 1. The lowest BCUT2D eigenvalue weighted by Crippen LogP contribution is -2.15. The summed E-state index contributed by atoms with van der Waals surface area (Å²) in [6.45, 7) is 2.10. The first-order valence-corrected chi connectivity index (χ1v) is 9.60. The zero-order chi connectivity index (χ0) is 16.8. The van der Waals surface area contributed by atoms with Gasteiger partial charge in [0.05, 0.1) is 5.69 Å². The maximum Gasteiger partial charge on any atom is 0.224 e. The van der Waals surface area contributed by atoms with Crippen LogP contribution in [0.3, 0.4) is 0 Å². The largest absolute Gasteiger partial charge is 0.326 e. The van der Waals surface area contributed by atoms with E-state index in [0.717, 1.165) is 27.7 Å². The Labute approximate surface area is 147 Å². The molecule has 0 radical (unpaired) electrons. The van der Waals surface area contributed by atoms with Crippen molar-refractivity contribution in [2.24, 2.45) is 5.92 Å². The SMILES string of the molecule is CCSc1ccc(-c2cccc(NC(=O)CC3CCCC3)c2)nn1. The molecule has 0 aliphatic heterocycles. The molecule has 1 heterocycles. The third kappa shape index (κ3) is 4.57. The van der Waals surface area contributed by atoms with Crippen LogP contribution in [0.1, 0.15) is 39.0 Å². The van der Waals surface area contributed by atoms with Crippen molar-refractivity contribution in [3.8, 4) is 11.3 Å². The van der Waals surface area contributed by atoms with Gasteiger partial charge in [-0.15, -0.1) is 22.0 Å². The molecule has 0 atom stereocenters. The van der Waals surface area contributed by atoms with Gasteiger partial charge in [-0.05, 0) is 48.8 Å². The van der Waals surface area contributed by atoms with Gasteiger partial charge in [-0.25, -0.2) is 0 Å². The van der Waals surface area contributed by atoms with E-state index in [0.29, 0.717) is 12.3 Å². The molecule has 0 saturated heterocycles. The number of hydrogen-bond donors (Lipinski definition) is 1. The van der Waals surface area contributed by atoms with Gasteiger partial charge in [-0.2, -0.15) is 0 Å². The Morgan fingerprint density at radius 3 is 2.75 bits per heavy atom. The van der Waals surface area contributed by atoms with E-state index in [4.69, 9.17) is 0 Å². The van der Waals surface area contributed by atoms with Crippen LogP contribution < -0.4 is 5.32 Å². The average molecular weight is 341 g/mol. The van der Waals surface area contributed by atoms with Crippen molar-refractivity contribution in [2.45, 2.75) is 44.1 Å². The van der Waals surface area contributed by atoms with Gasteiger partial charge in [0.1, 0.15) is 5.03 Å². The molecule has 0 unspecified atom stereocenters. The number of carbonyl (C=O) groups is 1. The number of thioether (sulfide) groups is 1. The fourth-order valence-electron chi connectivity index (χ4n) is 3.14. The molecule has 126 valence electrons. The zero-order valence-corrected chi connectivity index (χ0v) is 14.8. The van der Waals surface area contributed by atoms with Gasteiger partial charge >= 0.3 is 0 Å². The lowest BCUT2D eigenvalue weighted by Gasteiger charge is -2.10. The molecule has 3 rings (SSSR count). The smallest absolute Gasteiger partial charge is 0.224 e. The van der Waals surface area contributed by atoms with Gasteiger partial charge in [0.15, 0.2) is 0 Å². The molecule has 1 fully saturated rings. The molecule has 0 spiro atoms. The average Bonchev–Trinajstić information content (AvgIpc) is 3.09. The highest BCUT2D eigenvalue weighted by molar-refractivity contribution is 7.99. The fourth-order valence-corrected chi connectivity index (χ4v) is 3.70. The number of aromatic nitrogens is 2. The minimum atomic E-state index is 0.111. The first kappa shape index (κ1) is 17.0. The predicted octanol–water partition coefficient (Wildman–Crippen LogP) is 4.77. The summed E-state index contributed by atoms with van der Waals surface area (Å²) in [6, 6.07) is 11.8. The molecule has 0 bridgehead atoms. The van der Waals surface area contributed by atoms with Crippen LogP contribution in [-0.2, 0) is 4.79 Å². The summed E-state index contributed by atoms with van der Waals surface area (Å²) in [6.07, 6.45) is 5.53. The van der Waals surface area contributed by atoms with E-state index in [1.165, 1.54) is 25.7 Å². The highest BCUT2D eigenvalue weighted by Gasteiger charge is 2.18. The van der Waals surface area contributed by atoms with Crippen LogP contribution in [0.5, 0.6) is 0 Å². The van der Waals surface area contributed by atoms with Crippen molar-refractivity contribution < 1.29 is 4.79 Å². The monoisotopic (exact) mass is 341 g/mol. The maximum absolute atomic E-state index is 12.2. The van der Waals surface area contributed by atoms with Crippen molar-refractivity contribution in [3.63, 3.8) is 0 Å². The number of nitrogens with zero attached hydrogens (tertiary/aromatic N) is 2. The van der Waals surface area contributed by atoms with Crippen molar-refractivity contribution in [1.29, 1.82) is 0 Å². The molecule has 1 aliphatic rings. The Morgan fingerprint density at radius 1 is 1.21 bits per heavy atom. The van der Waals surface area contributed by atoms with Crippen LogP contribution in [-0.4, -0.2) is 21.9 Å². The summed E-state index contributed by atoms with van der Waals surface area (Å²) in [4.78, 5) is 12.2. The van der Waals surface area contributed by atoms with Crippen LogP contribution >= 0.6 is 11.8 Å². The molecule has 1 aromatic heterocycles. The van der Waals surface area contributed by atoms with Crippen molar-refractivity contribution >= 4 is 23.4 Å². The van der Waals surface area contributed by atoms with E-state index < -0.39 is 0 Å². The van der Waals surface area contributed by atoms with E-state index in [9.17, 15) is 4.79 Å². The first-order valence-electron chi connectivity index (χ1n) is 8.61. The van der Waals surface area contributed by atoms with E-state index in [2.05, 4.69) is 22.4 Å². The second kappa shape index (κ2) is 8.29. The summed E-state index contributed by atoms with van der Waals surface area (Å²) in [7, 11) is 0. The third-order valence-electron chi connectivity index (χ3n) is 4.32. The number of anilines is 1. The van der Waals surface area contributed by atoms with Crippen molar-refractivity contribution in [3.05, 3.63) is 36.4 Å². The zero-order valence-electron chi connectivity index (χ0n) is 14.0. The Bertz CT molecular complexity index is 681. The Kier molecular flexibility index (Phi) is 5.86. The lowest BCUT2D eigenvalue weighted by atomic mass is 10.0. The van der Waals surface area contributed by atoms with Gasteiger partial charge < -0.3 is 5.32 Å². The van der Waals surface area contributed by atoms with Crippen LogP contribution in [0.4, 0.5) is 5.69 Å². The van der Waals surface area contributed by atoms with Crippen LogP contribution in [0.25, 0.3) is 11.3 Å². The van der Waals surface area contributed by atoms with Gasteiger partial charge in [0.25, 0.3) is 0 Å². The van der Waals surface area contributed by atoms with Gasteiger partial charge in [0.2, 0.25) is 5.91 Å². The van der Waals surface area contributed by atoms with Gasteiger partial charge in [-0.1, -0.05) is 31.9 Å². The molecular weight excluding hydrogens is 318 g/mol. The second-order valence-corrected chi connectivity index (χ2v) is 7.46. The minimum absolute atomic E-state index is 0.111. The molecule has 1 N–H and O–H groups in total. The molecule has 2 aromatic rings. The lowest BCUT2D eigenvalue weighted by molar-refractivity contribution is -0.117. The second-order valence-electron chi connectivity index (χ2n) is 6.17. The quantitative estimate of drug-likeness (QED) is 0.769. The number of amides is 1. The molecule has 5 heteroatoms. The van der Waals surface area contributed by atoms with E-state index in [1.807, 2.05) is 36.4 Å². The van der Waals surface area contributed by atoms with Crippen molar-refractivity contribution in [1.82, 2.24) is 10.2 Å². The molecule has 1 aromatic carbocycles. The van der Waals surface area contributed by atoms with Crippen LogP contribution in [0.15, 0.2) is 41.4 Å². The maximum atomic E-state index is 12.2. The Hall–Kier alpha value is -1.88. The van der Waals surface area contributed by atoms with Gasteiger partial charge in [0, 0.05) is 17.7 Å². The third-order valence-corrected chi connectivity index (χ3v) is 5.13. The summed E-state index contributed by atoms with van der Waals surface area (Å²) in [5, 5.41) is 12.5. The van der Waals surface area contributed by atoms with Crippen LogP contribution in [0, 0.1) is 5.92 Å². The normalized spacial score (nSPS) is 14.7. The Balaban J connectivity index is 1.65. The molecule has 1 saturated carbocycles. The molecule has 24 heavy (non-hydrogen) atoms. The number of carbonyl (C=O) groups excluding carboxylic acids is 1. The van der Waals surface area contributed by atoms with E-state index >= 15 is 0 Å². The highest BCUT2D eigenvalue weighted by Crippen LogP contribution is 2.28. The molecule has 1 amide bonds. The molecular formula is C19H23N3OS. The summed E-state index contributed by atoms with van der Waals surface area (Å²) >= 11 is 1.68. The Morgan fingerprint density at radius 2 is 2.04 bits per heavy atom. The van der Waals surface area contributed by atoms with Gasteiger partial charge in [-0.3, -0.25) is 4.79 Å². The number of rotatable bonds is 6. The number of hydrogen-bond acceptors (Lipinski definition) is 4. The molecule has 4 nitrogen and oxygen atoms in total. The summed E-state index contributed by atoms with van der Waals surface area (Å²) < 4.78 is 0. The summed E-state index contributed by atoms with van der Waals surface area (Å²) in [5.41, 5.74) is 2.61. The minimum Gasteiger partial charge on any atom is -0.326 e. The first-order chi connectivity index (χ1) is 11.7. The topological polar surface area (TPSA) is 54.9 Å². The molecule has 1 aliphatic carbocycles. The van der Waals surface area contributed by atoms with Crippen molar-refractivity contribution in [2.75, 3.05) is 11.1 Å².